The van der Waals surface area contributed by atoms with E-state index in [0.717, 1.165) is 25.5 Å². The number of nitrogens with zero attached hydrogens (tertiary/aromatic N) is 1. The standard InChI is InChI=1S/C12H18N2O/c1-9(2)10-3-5-13-12(7-10)14-11-4-6-15-8-11/h3,5,7,9,11H,4,6,8H2,1-2H3,(H,13,14). The Morgan fingerprint density at radius 3 is 3.07 bits per heavy atom. The van der Waals surface area contributed by atoms with Gasteiger partial charge in [-0.3, -0.25) is 0 Å². The first-order chi connectivity index (χ1) is 7.25. The number of anilines is 1. The molecule has 82 valence electrons. The van der Waals surface area contributed by atoms with Crippen molar-refractivity contribution in [1.82, 2.24) is 4.98 Å². The van der Waals surface area contributed by atoms with E-state index in [4.69, 9.17) is 4.74 Å². The molecule has 1 aliphatic heterocycles. The summed E-state index contributed by atoms with van der Waals surface area (Å²) in [5, 5.41) is 3.40. The summed E-state index contributed by atoms with van der Waals surface area (Å²) in [7, 11) is 0. The third kappa shape index (κ3) is 2.69. The zero-order chi connectivity index (χ0) is 10.7. The highest BCUT2D eigenvalue weighted by Crippen LogP contribution is 2.18. The Bertz CT molecular complexity index is 319. The maximum absolute atomic E-state index is 5.32. The van der Waals surface area contributed by atoms with Gasteiger partial charge in [-0.2, -0.15) is 0 Å². The van der Waals surface area contributed by atoms with Crippen LogP contribution in [0.5, 0.6) is 0 Å². The molecule has 0 aromatic carbocycles. The molecule has 1 aromatic rings. The molecule has 2 heterocycles. The second-order valence-corrected chi connectivity index (χ2v) is 4.33. The molecule has 3 nitrogen and oxygen atoms in total. The lowest BCUT2D eigenvalue weighted by Crippen LogP contribution is -2.19. The van der Waals surface area contributed by atoms with Crippen molar-refractivity contribution in [2.24, 2.45) is 0 Å². The van der Waals surface area contributed by atoms with Gasteiger partial charge in [0.05, 0.1) is 12.6 Å². The fourth-order valence-electron chi connectivity index (χ4n) is 1.74. The van der Waals surface area contributed by atoms with Gasteiger partial charge in [0.15, 0.2) is 0 Å². The highest BCUT2D eigenvalue weighted by atomic mass is 16.5. The molecule has 1 saturated heterocycles. The monoisotopic (exact) mass is 206 g/mol. The summed E-state index contributed by atoms with van der Waals surface area (Å²) in [5.41, 5.74) is 1.33. The molecule has 1 atom stereocenters. The molecule has 1 aromatic heterocycles. The van der Waals surface area contributed by atoms with Crippen LogP contribution >= 0.6 is 0 Å². The number of aromatic nitrogens is 1. The Morgan fingerprint density at radius 2 is 2.40 bits per heavy atom. The van der Waals surface area contributed by atoms with E-state index in [1.165, 1.54) is 5.56 Å². The number of nitrogens with one attached hydrogen (secondary N) is 1. The van der Waals surface area contributed by atoms with Gasteiger partial charge in [-0.1, -0.05) is 13.8 Å². The average molecular weight is 206 g/mol. The van der Waals surface area contributed by atoms with Crippen LogP contribution in [-0.4, -0.2) is 24.2 Å². The molecule has 0 spiro atoms. The molecule has 1 aliphatic rings. The maximum atomic E-state index is 5.32. The Labute approximate surface area is 90.9 Å². The molecule has 0 amide bonds. The van der Waals surface area contributed by atoms with E-state index in [1.54, 1.807) is 0 Å². The molecule has 0 saturated carbocycles. The topological polar surface area (TPSA) is 34.2 Å². The summed E-state index contributed by atoms with van der Waals surface area (Å²) in [6.45, 7) is 6.05. The fourth-order valence-corrected chi connectivity index (χ4v) is 1.74. The Hall–Kier alpha value is -1.09. The van der Waals surface area contributed by atoms with E-state index in [1.807, 2.05) is 6.20 Å². The number of rotatable bonds is 3. The van der Waals surface area contributed by atoms with Gasteiger partial charge in [-0.05, 0) is 30.0 Å². The van der Waals surface area contributed by atoms with Crippen LogP contribution in [0.25, 0.3) is 0 Å². The summed E-state index contributed by atoms with van der Waals surface area (Å²) in [4.78, 5) is 4.32. The van der Waals surface area contributed by atoms with Gasteiger partial charge < -0.3 is 10.1 Å². The minimum atomic E-state index is 0.430. The van der Waals surface area contributed by atoms with Gasteiger partial charge in [0.25, 0.3) is 0 Å². The highest BCUT2D eigenvalue weighted by Gasteiger charge is 2.15. The van der Waals surface area contributed by atoms with Crippen molar-refractivity contribution in [2.45, 2.75) is 32.2 Å². The predicted molar refractivity (Wildman–Crippen MR) is 61.2 cm³/mol. The van der Waals surface area contributed by atoms with Gasteiger partial charge in [-0.15, -0.1) is 0 Å². The molecule has 2 rings (SSSR count). The van der Waals surface area contributed by atoms with Crippen LogP contribution in [0.3, 0.4) is 0 Å². The third-order valence-electron chi connectivity index (χ3n) is 2.73. The molecular formula is C12H18N2O. The zero-order valence-corrected chi connectivity index (χ0v) is 9.36. The molecule has 0 radical (unpaired) electrons. The van der Waals surface area contributed by atoms with Crippen LogP contribution in [0, 0.1) is 0 Å². The van der Waals surface area contributed by atoms with Crippen LogP contribution in [0.15, 0.2) is 18.3 Å². The summed E-state index contributed by atoms with van der Waals surface area (Å²) in [6, 6.07) is 4.63. The van der Waals surface area contributed by atoms with Gasteiger partial charge >= 0.3 is 0 Å². The van der Waals surface area contributed by atoms with Crippen LogP contribution in [0.1, 0.15) is 31.7 Å². The van der Waals surface area contributed by atoms with Crippen molar-refractivity contribution < 1.29 is 4.74 Å². The van der Waals surface area contributed by atoms with E-state index < -0.39 is 0 Å². The van der Waals surface area contributed by atoms with Crippen molar-refractivity contribution in [1.29, 1.82) is 0 Å². The second-order valence-electron chi connectivity index (χ2n) is 4.33. The van der Waals surface area contributed by atoms with Gasteiger partial charge in [0.1, 0.15) is 5.82 Å². The van der Waals surface area contributed by atoms with E-state index in [0.29, 0.717) is 12.0 Å². The molecule has 0 bridgehead atoms. The Balaban J connectivity index is 2.04. The van der Waals surface area contributed by atoms with E-state index in [9.17, 15) is 0 Å². The SMILES string of the molecule is CC(C)c1ccnc(NC2CCOC2)c1. The third-order valence-corrected chi connectivity index (χ3v) is 2.73. The Morgan fingerprint density at radius 1 is 1.53 bits per heavy atom. The van der Waals surface area contributed by atoms with Crippen molar-refractivity contribution in [3.63, 3.8) is 0 Å². The minimum Gasteiger partial charge on any atom is -0.379 e. The van der Waals surface area contributed by atoms with Crippen molar-refractivity contribution in [3.05, 3.63) is 23.9 Å². The number of pyridine rings is 1. The van der Waals surface area contributed by atoms with Crippen LogP contribution in [0.4, 0.5) is 5.82 Å². The maximum Gasteiger partial charge on any atom is 0.126 e. The first kappa shape index (κ1) is 10.4. The second kappa shape index (κ2) is 4.62. The van der Waals surface area contributed by atoms with Crippen molar-refractivity contribution >= 4 is 5.82 Å². The van der Waals surface area contributed by atoms with E-state index in [-0.39, 0.29) is 0 Å². The predicted octanol–water partition coefficient (Wildman–Crippen LogP) is 2.41. The molecule has 15 heavy (non-hydrogen) atoms. The lowest BCUT2D eigenvalue weighted by atomic mass is 10.1. The normalized spacial score (nSPS) is 20.9. The smallest absolute Gasteiger partial charge is 0.126 e. The first-order valence-corrected chi connectivity index (χ1v) is 5.56. The molecule has 1 unspecified atom stereocenters. The van der Waals surface area contributed by atoms with Crippen LogP contribution < -0.4 is 5.32 Å². The number of ether oxygens (including phenoxy) is 1. The number of hydrogen-bond donors (Lipinski definition) is 1. The molecule has 1 N–H and O–H groups in total. The highest BCUT2D eigenvalue weighted by molar-refractivity contribution is 5.39. The molecule has 3 heteroatoms. The van der Waals surface area contributed by atoms with Crippen LogP contribution in [0.2, 0.25) is 0 Å². The molecule has 0 aliphatic carbocycles. The summed E-state index contributed by atoms with van der Waals surface area (Å²) >= 11 is 0. The molecular weight excluding hydrogens is 188 g/mol. The van der Waals surface area contributed by atoms with E-state index in [2.05, 4.69) is 36.3 Å². The Kier molecular flexibility index (Phi) is 3.21. The van der Waals surface area contributed by atoms with Gasteiger partial charge in [0.2, 0.25) is 0 Å². The van der Waals surface area contributed by atoms with Crippen molar-refractivity contribution in [2.75, 3.05) is 18.5 Å². The first-order valence-electron chi connectivity index (χ1n) is 5.56. The number of hydrogen-bond acceptors (Lipinski definition) is 3. The summed E-state index contributed by atoms with van der Waals surface area (Å²) in [6.07, 6.45) is 2.95. The van der Waals surface area contributed by atoms with E-state index >= 15 is 0 Å². The van der Waals surface area contributed by atoms with Crippen LogP contribution in [-0.2, 0) is 4.74 Å². The largest absolute Gasteiger partial charge is 0.379 e. The lowest BCUT2D eigenvalue weighted by Gasteiger charge is -2.13. The van der Waals surface area contributed by atoms with Crippen molar-refractivity contribution in [3.8, 4) is 0 Å². The fraction of sp³-hybridized carbons (Fsp3) is 0.583. The lowest BCUT2D eigenvalue weighted by molar-refractivity contribution is 0.195. The quantitative estimate of drug-likeness (QED) is 0.824. The zero-order valence-electron chi connectivity index (χ0n) is 9.36. The average Bonchev–Trinajstić information content (AvgIpc) is 2.71. The van der Waals surface area contributed by atoms with Gasteiger partial charge in [0, 0.05) is 12.8 Å². The molecule has 1 fully saturated rings. The van der Waals surface area contributed by atoms with Gasteiger partial charge in [-0.25, -0.2) is 4.98 Å². The minimum absolute atomic E-state index is 0.430. The summed E-state index contributed by atoms with van der Waals surface area (Å²) in [5.74, 6) is 1.52. The summed E-state index contributed by atoms with van der Waals surface area (Å²) < 4.78 is 5.32.